The smallest absolute Gasteiger partial charge is 0.181 e. The fraction of sp³-hybridized carbons (Fsp3) is 0.357. The molecule has 18 heavy (non-hydrogen) atoms. The first-order valence-corrected chi connectivity index (χ1v) is 6.49. The minimum absolute atomic E-state index is 0.714. The maximum Gasteiger partial charge on any atom is 0.181 e. The van der Waals surface area contributed by atoms with Crippen molar-refractivity contribution in [1.29, 1.82) is 0 Å². The van der Waals surface area contributed by atoms with Gasteiger partial charge in [0.25, 0.3) is 0 Å². The van der Waals surface area contributed by atoms with Crippen LogP contribution in [-0.2, 0) is 6.54 Å². The summed E-state index contributed by atoms with van der Waals surface area (Å²) < 4.78 is 5.48. The van der Waals surface area contributed by atoms with E-state index in [1.807, 2.05) is 19.1 Å². The Morgan fingerprint density at radius 3 is 2.89 bits per heavy atom. The van der Waals surface area contributed by atoms with E-state index < -0.39 is 0 Å². The van der Waals surface area contributed by atoms with E-state index in [2.05, 4.69) is 23.3 Å². The number of benzene rings is 1. The van der Waals surface area contributed by atoms with Crippen LogP contribution in [0.15, 0.2) is 29.0 Å². The highest BCUT2D eigenvalue weighted by atomic mass is 35.5. The first-order valence-electron chi connectivity index (χ1n) is 6.11. The first kappa shape index (κ1) is 13.1. The molecule has 1 aromatic carbocycles. The molecule has 0 atom stereocenters. The van der Waals surface area contributed by atoms with Gasteiger partial charge in [-0.25, -0.2) is 4.98 Å². The Labute approximate surface area is 112 Å². The number of hydrogen-bond acceptors (Lipinski definition) is 3. The molecule has 1 aromatic heterocycles. The van der Waals surface area contributed by atoms with Crippen LogP contribution in [0.2, 0.25) is 5.02 Å². The van der Waals surface area contributed by atoms with Gasteiger partial charge in [0.05, 0.1) is 0 Å². The zero-order chi connectivity index (χ0) is 13.0. The first-order chi connectivity index (χ1) is 8.70. The largest absolute Gasteiger partial charge is 0.443 e. The Hall–Kier alpha value is -1.32. The molecule has 2 rings (SSSR count). The van der Waals surface area contributed by atoms with E-state index in [1.54, 1.807) is 0 Å². The second-order valence-electron chi connectivity index (χ2n) is 4.32. The zero-order valence-electron chi connectivity index (χ0n) is 10.7. The maximum atomic E-state index is 6.07. The van der Waals surface area contributed by atoms with Crippen molar-refractivity contribution in [3.63, 3.8) is 0 Å². The van der Waals surface area contributed by atoms with Crippen LogP contribution in [0.4, 0.5) is 0 Å². The van der Waals surface area contributed by atoms with Gasteiger partial charge in [0, 0.05) is 17.1 Å². The van der Waals surface area contributed by atoms with Gasteiger partial charge < -0.3 is 9.73 Å². The summed E-state index contributed by atoms with van der Waals surface area (Å²) in [4.78, 5) is 4.25. The van der Waals surface area contributed by atoms with Crippen LogP contribution in [0.1, 0.15) is 24.6 Å². The van der Waals surface area contributed by atoms with Gasteiger partial charge in [-0.2, -0.15) is 0 Å². The Bertz CT molecular complexity index is 502. The van der Waals surface area contributed by atoms with Gasteiger partial charge in [0.1, 0.15) is 5.69 Å². The molecule has 0 bridgehead atoms. The molecule has 1 N–H and O–H groups in total. The number of oxazole rings is 1. The third-order valence-corrected chi connectivity index (χ3v) is 2.88. The quantitative estimate of drug-likeness (QED) is 0.835. The summed E-state index contributed by atoms with van der Waals surface area (Å²) in [5.41, 5.74) is 3.01. The van der Waals surface area contributed by atoms with Gasteiger partial charge in [-0.1, -0.05) is 18.5 Å². The van der Waals surface area contributed by atoms with E-state index in [-0.39, 0.29) is 0 Å². The summed E-state index contributed by atoms with van der Waals surface area (Å²) in [7, 11) is 0. The van der Waals surface area contributed by atoms with Gasteiger partial charge in [-0.05, 0) is 43.7 Å². The second-order valence-corrected chi connectivity index (χ2v) is 4.76. The Morgan fingerprint density at radius 1 is 1.33 bits per heavy atom. The number of rotatable bonds is 5. The lowest BCUT2D eigenvalue weighted by atomic mass is 10.1. The molecule has 0 aliphatic rings. The summed E-state index contributed by atoms with van der Waals surface area (Å²) in [6, 6.07) is 5.88. The van der Waals surface area contributed by atoms with E-state index in [1.165, 1.54) is 6.39 Å². The average molecular weight is 265 g/mol. The van der Waals surface area contributed by atoms with Crippen LogP contribution >= 0.6 is 11.6 Å². The Morgan fingerprint density at radius 2 is 2.17 bits per heavy atom. The second kappa shape index (κ2) is 6.03. The molecule has 0 spiro atoms. The van der Waals surface area contributed by atoms with Crippen molar-refractivity contribution in [3.05, 3.63) is 40.9 Å². The van der Waals surface area contributed by atoms with Crippen molar-refractivity contribution in [2.24, 2.45) is 0 Å². The number of aryl methyl sites for hydroxylation is 1. The van der Waals surface area contributed by atoms with Crippen LogP contribution < -0.4 is 5.32 Å². The lowest BCUT2D eigenvalue weighted by Crippen LogP contribution is -2.14. The van der Waals surface area contributed by atoms with Gasteiger partial charge in [0.15, 0.2) is 12.2 Å². The molecule has 0 amide bonds. The molecule has 1 heterocycles. The van der Waals surface area contributed by atoms with Crippen LogP contribution in [-0.4, -0.2) is 11.5 Å². The van der Waals surface area contributed by atoms with Crippen LogP contribution in [0.5, 0.6) is 0 Å². The highest BCUT2D eigenvalue weighted by Crippen LogP contribution is 2.27. The van der Waals surface area contributed by atoms with Crippen molar-refractivity contribution in [3.8, 4) is 11.3 Å². The van der Waals surface area contributed by atoms with E-state index >= 15 is 0 Å². The number of nitrogens with one attached hydrogen (secondary N) is 1. The predicted molar refractivity (Wildman–Crippen MR) is 73.7 cm³/mol. The van der Waals surface area contributed by atoms with Gasteiger partial charge in [-0.15, -0.1) is 0 Å². The lowest BCUT2D eigenvalue weighted by Gasteiger charge is -2.04. The van der Waals surface area contributed by atoms with Gasteiger partial charge in [0.2, 0.25) is 0 Å². The van der Waals surface area contributed by atoms with Crippen molar-refractivity contribution >= 4 is 11.6 Å². The third-order valence-electron chi connectivity index (χ3n) is 2.66. The minimum Gasteiger partial charge on any atom is -0.443 e. The number of nitrogens with zero attached hydrogens (tertiary/aromatic N) is 1. The summed E-state index contributed by atoms with van der Waals surface area (Å²) in [6.07, 6.45) is 2.58. The summed E-state index contributed by atoms with van der Waals surface area (Å²) in [5, 5.41) is 4.04. The van der Waals surface area contributed by atoms with Crippen molar-refractivity contribution in [1.82, 2.24) is 10.3 Å². The molecule has 2 aromatic rings. The molecule has 0 radical (unpaired) electrons. The topological polar surface area (TPSA) is 38.1 Å². The Kier molecular flexibility index (Phi) is 4.39. The monoisotopic (exact) mass is 264 g/mol. The molecule has 0 aliphatic heterocycles. The fourth-order valence-electron chi connectivity index (χ4n) is 1.88. The number of halogens is 1. The van der Waals surface area contributed by atoms with E-state index in [0.29, 0.717) is 11.6 Å². The molecule has 0 saturated carbocycles. The van der Waals surface area contributed by atoms with Crippen LogP contribution in [0.25, 0.3) is 11.3 Å². The zero-order valence-corrected chi connectivity index (χ0v) is 11.4. The average Bonchev–Trinajstić information content (AvgIpc) is 2.76. The molecule has 96 valence electrons. The van der Waals surface area contributed by atoms with E-state index in [9.17, 15) is 0 Å². The van der Waals surface area contributed by atoms with Gasteiger partial charge in [-0.3, -0.25) is 0 Å². The highest BCUT2D eigenvalue weighted by molar-refractivity contribution is 6.30. The summed E-state index contributed by atoms with van der Waals surface area (Å²) >= 11 is 6.07. The molecule has 0 fully saturated rings. The lowest BCUT2D eigenvalue weighted by molar-refractivity contribution is 0.569. The maximum absolute atomic E-state index is 6.07. The van der Waals surface area contributed by atoms with Gasteiger partial charge >= 0.3 is 0 Å². The Balaban J connectivity index is 2.24. The fourth-order valence-corrected chi connectivity index (χ4v) is 2.17. The molecule has 4 heteroatoms. The molecule has 0 aliphatic carbocycles. The predicted octanol–water partition coefficient (Wildman–Crippen LogP) is 3.80. The summed E-state index contributed by atoms with van der Waals surface area (Å²) in [6.45, 7) is 5.84. The van der Waals surface area contributed by atoms with Crippen LogP contribution in [0.3, 0.4) is 0 Å². The number of aromatic nitrogens is 1. The SMILES string of the molecule is CCCNCc1ncoc1-c1cc(C)cc(Cl)c1. The van der Waals surface area contributed by atoms with Crippen molar-refractivity contribution in [2.75, 3.05) is 6.54 Å². The molecular formula is C14H17ClN2O. The molecule has 0 saturated heterocycles. The highest BCUT2D eigenvalue weighted by Gasteiger charge is 2.11. The van der Waals surface area contributed by atoms with Crippen LogP contribution in [0, 0.1) is 6.92 Å². The minimum atomic E-state index is 0.714. The standard InChI is InChI=1S/C14H17ClN2O/c1-3-4-16-8-13-14(18-9-17-13)11-5-10(2)6-12(15)7-11/h5-7,9,16H,3-4,8H2,1-2H3. The normalized spacial score (nSPS) is 10.8. The van der Waals surface area contributed by atoms with Crippen molar-refractivity contribution in [2.45, 2.75) is 26.8 Å². The molecule has 0 unspecified atom stereocenters. The van der Waals surface area contributed by atoms with Crippen molar-refractivity contribution < 1.29 is 4.42 Å². The third kappa shape index (κ3) is 3.12. The van der Waals surface area contributed by atoms with E-state index in [0.717, 1.165) is 35.5 Å². The number of hydrogen-bond donors (Lipinski definition) is 1. The summed E-state index contributed by atoms with van der Waals surface area (Å²) in [5.74, 6) is 0.796. The molecule has 3 nitrogen and oxygen atoms in total. The van der Waals surface area contributed by atoms with E-state index in [4.69, 9.17) is 16.0 Å². The molecular weight excluding hydrogens is 248 g/mol.